The molecule has 0 saturated heterocycles. The predicted octanol–water partition coefficient (Wildman–Crippen LogP) is 3.01. The van der Waals surface area contributed by atoms with Crippen LogP contribution >= 0.6 is 15.9 Å². The second-order valence-electron chi connectivity index (χ2n) is 4.92. The highest BCUT2D eigenvalue weighted by atomic mass is 79.9. The number of hydrogen-bond donors (Lipinski definition) is 0. The van der Waals surface area contributed by atoms with Crippen molar-refractivity contribution in [2.75, 3.05) is 40.5 Å². The van der Waals surface area contributed by atoms with Crippen LogP contribution in [-0.2, 0) is 9.47 Å². The average Bonchev–Trinajstić information content (AvgIpc) is 2.50. The highest BCUT2D eigenvalue weighted by Crippen LogP contribution is 2.14. The quantitative estimate of drug-likeness (QED) is 0.476. The van der Waals surface area contributed by atoms with Crippen molar-refractivity contribution in [2.45, 2.75) is 19.4 Å². The summed E-state index contributed by atoms with van der Waals surface area (Å²) in [5, 5.41) is 0. The van der Waals surface area contributed by atoms with Crippen LogP contribution in [0.15, 0.2) is 28.7 Å². The Morgan fingerprint density at radius 3 is 2.33 bits per heavy atom. The minimum atomic E-state index is -0.168. The summed E-state index contributed by atoms with van der Waals surface area (Å²) in [5.41, 5.74) is 0.736. The first-order valence-electron chi connectivity index (χ1n) is 7.12. The van der Waals surface area contributed by atoms with Gasteiger partial charge in [0.1, 0.15) is 0 Å². The minimum Gasteiger partial charge on any atom is -0.385 e. The van der Waals surface area contributed by atoms with Crippen molar-refractivity contribution in [3.63, 3.8) is 0 Å². The third-order valence-electron chi connectivity index (χ3n) is 3.43. The van der Waals surface area contributed by atoms with E-state index in [9.17, 15) is 4.79 Å². The molecule has 1 aromatic rings. The molecule has 0 aliphatic heterocycles. The van der Waals surface area contributed by atoms with Gasteiger partial charge in [0, 0.05) is 44.0 Å². The van der Waals surface area contributed by atoms with Gasteiger partial charge in [-0.05, 0) is 25.5 Å². The molecule has 0 fully saturated rings. The molecule has 1 rings (SSSR count). The summed E-state index contributed by atoms with van der Waals surface area (Å²) in [6, 6.07) is 7.33. The number of nitrogens with zero attached hydrogens (tertiary/aromatic N) is 1. The molecule has 1 aromatic carbocycles. The number of Topliss-reactive ketones (excluding diaryl/α,β-unsaturated/α-hetero) is 1. The molecule has 5 heteroatoms. The number of hydrogen-bond acceptors (Lipinski definition) is 4. The summed E-state index contributed by atoms with van der Waals surface area (Å²) < 4.78 is 11.2. The van der Waals surface area contributed by atoms with Gasteiger partial charge in [0.25, 0.3) is 0 Å². The molecule has 0 aliphatic carbocycles. The lowest BCUT2D eigenvalue weighted by molar-refractivity contribution is 0.0748. The Labute approximate surface area is 135 Å². The average molecular weight is 358 g/mol. The molecule has 0 aromatic heterocycles. The zero-order chi connectivity index (χ0) is 15.7. The summed E-state index contributed by atoms with van der Waals surface area (Å²) in [7, 11) is 3.37. The SMILES string of the molecule is COCCCN(CCOC)C(C)C(=O)c1ccc(Br)cc1. The maximum Gasteiger partial charge on any atom is 0.179 e. The van der Waals surface area contributed by atoms with Gasteiger partial charge in [0.05, 0.1) is 12.6 Å². The lowest BCUT2D eigenvalue weighted by Gasteiger charge is -2.27. The summed E-state index contributed by atoms with van der Waals surface area (Å²) in [6.07, 6.45) is 0.901. The van der Waals surface area contributed by atoms with E-state index in [1.54, 1.807) is 14.2 Å². The predicted molar refractivity (Wildman–Crippen MR) is 87.9 cm³/mol. The van der Waals surface area contributed by atoms with Gasteiger partial charge in [0.2, 0.25) is 0 Å². The van der Waals surface area contributed by atoms with Crippen LogP contribution in [-0.4, -0.2) is 57.2 Å². The topological polar surface area (TPSA) is 38.8 Å². The van der Waals surface area contributed by atoms with Crippen molar-refractivity contribution in [2.24, 2.45) is 0 Å². The highest BCUT2D eigenvalue weighted by Gasteiger charge is 2.21. The fraction of sp³-hybridized carbons (Fsp3) is 0.562. The molecule has 0 N–H and O–H groups in total. The molecular weight excluding hydrogens is 334 g/mol. The zero-order valence-electron chi connectivity index (χ0n) is 13.0. The van der Waals surface area contributed by atoms with Crippen LogP contribution in [0.3, 0.4) is 0 Å². The lowest BCUT2D eigenvalue weighted by Crippen LogP contribution is -2.41. The van der Waals surface area contributed by atoms with Crippen LogP contribution in [0.4, 0.5) is 0 Å². The molecule has 0 spiro atoms. The van der Waals surface area contributed by atoms with Gasteiger partial charge < -0.3 is 9.47 Å². The van der Waals surface area contributed by atoms with Gasteiger partial charge >= 0.3 is 0 Å². The van der Waals surface area contributed by atoms with Crippen LogP contribution < -0.4 is 0 Å². The van der Waals surface area contributed by atoms with Gasteiger partial charge in [-0.25, -0.2) is 0 Å². The van der Waals surface area contributed by atoms with Crippen molar-refractivity contribution in [1.82, 2.24) is 4.90 Å². The number of carbonyl (C=O) groups is 1. The molecule has 0 amide bonds. The Hall–Kier alpha value is -0.750. The van der Waals surface area contributed by atoms with E-state index >= 15 is 0 Å². The van der Waals surface area contributed by atoms with E-state index in [2.05, 4.69) is 20.8 Å². The van der Waals surface area contributed by atoms with E-state index in [1.165, 1.54) is 0 Å². The van der Waals surface area contributed by atoms with E-state index in [-0.39, 0.29) is 11.8 Å². The van der Waals surface area contributed by atoms with E-state index in [1.807, 2.05) is 31.2 Å². The molecule has 0 saturated carbocycles. The molecule has 21 heavy (non-hydrogen) atoms. The smallest absolute Gasteiger partial charge is 0.179 e. The largest absolute Gasteiger partial charge is 0.385 e. The second kappa shape index (κ2) is 10.1. The van der Waals surface area contributed by atoms with Gasteiger partial charge in [-0.15, -0.1) is 0 Å². The zero-order valence-corrected chi connectivity index (χ0v) is 14.6. The normalized spacial score (nSPS) is 12.6. The Bertz CT molecular complexity index is 422. The molecule has 0 aliphatic rings. The summed E-state index contributed by atoms with van der Waals surface area (Å²) in [6.45, 7) is 4.82. The van der Waals surface area contributed by atoms with Crippen molar-refractivity contribution in [3.8, 4) is 0 Å². The van der Waals surface area contributed by atoms with Crippen molar-refractivity contribution >= 4 is 21.7 Å². The van der Waals surface area contributed by atoms with E-state index in [4.69, 9.17) is 9.47 Å². The van der Waals surface area contributed by atoms with Crippen molar-refractivity contribution < 1.29 is 14.3 Å². The fourth-order valence-electron chi connectivity index (χ4n) is 2.14. The Balaban J connectivity index is 2.70. The first-order valence-corrected chi connectivity index (χ1v) is 7.91. The molecule has 0 heterocycles. The van der Waals surface area contributed by atoms with Crippen molar-refractivity contribution in [3.05, 3.63) is 34.3 Å². The molecule has 1 atom stereocenters. The van der Waals surface area contributed by atoms with Crippen molar-refractivity contribution in [1.29, 1.82) is 0 Å². The monoisotopic (exact) mass is 357 g/mol. The van der Waals surface area contributed by atoms with E-state index in [0.717, 1.165) is 29.5 Å². The molecule has 0 bridgehead atoms. The standard InChI is InChI=1S/C16H24BrNO3/c1-13(16(19)14-5-7-15(17)8-6-14)18(10-12-21-3)9-4-11-20-2/h5-8,13H,4,9-12H2,1-3H3. The van der Waals surface area contributed by atoms with Gasteiger partial charge in [-0.2, -0.15) is 0 Å². The second-order valence-corrected chi connectivity index (χ2v) is 5.84. The highest BCUT2D eigenvalue weighted by molar-refractivity contribution is 9.10. The number of ketones is 1. The summed E-state index contributed by atoms with van der Waals surface area (Å²) in [4.78, 5) is 14.7. The van der Waals surface area contributed by atoms with Crippen LogP contribution in [0.1, 0.15) is 23.7 Å². The van der Waals surface area contributed by atoms with Crippen LogP contribution in [0, 0.1) is 0 Å². The molecule has 118 valence electrons. The minimum absolute atomic E-state index is 0.135. The Morgan fingerprint density at radius 1 is 1.14 bits per heavy atom. The first-order chi connectivity index (χ1) is 10.1. The molecule has 1 unspecified atom stereocenters. The number of halogens is 1. The molecular formula is C16H24BrNO3. The Kier molecular flexibility index (Phi) is 8.76. The van der Waals surface area contributed by atoms with Gasteiger partial charge in [0.15, 0.2) is 5.78 Å². The number of rotatable bonds is 10. The molecule has 4 nitrogen and oxygen atoms in total. The number of ether oxygens (including phenoxy) is 2. The van der Waals surface area contributed by atoms with Crippen LogP contribution in [0.5, 0.6) is 0 Å². The van der Waals surface area contributed by atoms with Gasteiger partial charge in [-0.1, -0.05) is 28.1 Å². The molecule has 0 radical (unpaired) electrons. The fourth-order valence-corrected chi connectivity index (χ4v) is 2.41. The van der Waals surface area contributed by atoms with Crippen LogP contribution in [0.25, 0.3) is 0 Å². The maximum atomic E-state index is 12.6. The van der Waals surface area contributed by atoms with E-state index in [0.29, 0.717) is 13.2 Å². The number of benzene rings is 1. The lowest BCUT2D eigenvalue weighted by atomic mass is 10.0. The van der Waals surface area contributed by atoms with E-state index < -0.39 is 0 Å². The number of methoxy groups -OCH3 is 2. The number of carbonyl (C=O) groups excluding carboxylic acids is 1. The summed E-state index contributed by atoms with van der Waals surface area (Å²) in [5.74, 6) is 0.135. The Morgan fingerprint density at radius 2 is 1.76 bits per heavy atom. The first kappa shape index (κ1) is 18.3. The van der Waals surface area contributed by atoms with Crippen LogP contribution in [0.2, 0.25) is 0 Å². The summed E-state index contributed by atoms with van der Waals surface area (Å²) >= 11 is 3.38. The third kappa shape index (κ3) is 6.26. The maximum absolute atomic E-state index is 12.6. The third-order valence-corrected chi connectivity index (χ3v) is 3.96. The van der Waals surface area contributed by atoms with Gasteiger partial charge in [-0.3, -0.25) is 9.69 Å².